The summed E-state index contributed by atoms with van der Waals surface area (Å²) < 4.78 is 5.87. The van der Waals surface area contributed by atoms with Gasteiger partial charge in [-0.3, -0.25) is 9.69 Å². The van der Waals surface area contributed by atoms with Crippen LogP contribution in [0.1, 0.15) is 63.0 Å². The lowest BCUT2D eigenvalue weighted by molar-refractivity contribution is -0.144. The molecule has 5 heteroatoms. The van der Waals surface area contributed by atoms with Crippen molar-refractivity contribution < 1.29 is 9.53 Å². The first kappa shape index (κ1) is 19.9. The van der Waals surface area contributed by atoms with E-state index in [4.69, 9.17) is 4.74 Å². The number of nitrogens with zero attached hydrogens (tertiary/aromatic N) is 1. The predicted molar refractivity (Wildman–Crippen MR) is 118 cm³/mol. The van der Waals surface area contributed by atoms with E-state index in [1.165, 1.54) is 37.7 Å². The highest BCUT2D eigenvalue weighted by Gasteiger charge is 2.59. The molecule has 4 saturated carbocycles. The molecule has 1 amide bonds. The zero-order valence-electron chi connectivity index (χ0n) is 17.5. The quantitative estimate of drug-likeness (QED) is 0.626. The van der Waals surface area contributed by atoms with E-state index in [0.717, 1.165) is 49.9 Å². The molecule has 6 rings (SSSR count). The van der Waals surface area contributed by atoms with Gasteiger partial charge in [0, 0.05) is 16.4 Å². The number of rotatable bonds is 6. The second-order valence-electron chi connectivity index (χ2n) is 10.1. The van der Waals surface area contributed by atoms with Gasteiger partial charge in [0.05, 0.1) is 18.6 Å². The second-order valence-corrected chi connectivity index (χ2v) is 11.8. The molecule has 5 aliphatic rings. The van der Waals surface area contributed by atoms with Crippen molar-refractivity contribution in [1.82, 2.24) is 10.2 Å². The summed E-state index contributed by atoms with van der Waals surface area (Å²) in [6, 6.07) is 8.48. The van der Waals surface area contributed by atoms with Gasteiger partial charge in [-0.25, -0.2) is 0 Å². The normalized spacial score (nSPS) is 36.9. The third-order valence-electron chi connectivity index (χ3n) is 8.01. The maximum atomic E-state index is 13.6. The Morgan fingerprint density at radius 2 is 1.90 bits per heavy atom. The number of hydrogen-bond acceptors (Lipinski definition) is 3. The Morgan fingerprint density at radius 1 is 1.21 bits per heavy atom. The molecule has 0 aromatic heterocycles. The molecule has 3 atom stereocenters. The van der Waals surface area contributed by atoms with Crippen LogP contribution in [-0.4, -0.2) is 41.9 Å². The summed E-state index contributed by atoms with van der Waals surface area (Å²) in [7, 11) is 1.74. The van der Waals surface area contributed by atoms with Crippen LogP contribution >= 0.6 is 15.9 Å². The van der Waals surface area contributed by atoms with Gasteiger partial charge in [0.1, 0.15) is 5.75 Å². The number of carbonyl (C=O) groups is 1. The lowest BCUT2D eigenvalue weighted by Crippen LogP contribution is -2.58. The fourth-order valence-corrected chi connectivity index (χ4v) is 8.68. The average molecular weight is 461 g/mol. The Bertz CT molecular complexity index is 762. The lowest BCUT2D eigenvalue weighted by Gasteiger charge is -2.59. The van der Waals surface area contributed by atoms with Gasteiger partial charge < -0.3 is 10.1 Å². The monoisotopic (exact) mass is 460 g/mol. The molecule has 1 N–H and O–H groups in total. The van der Waals surface area contributed by atoms with Gasteiger partial charge in [-0.2, -0.15) is 0 Å². The minimum atomic E-state index is -0.149. The third kappa shape index (κ3) is 3.63. The maximum absolute atomic E-state index is 13.6. The highest BCUT2D eigenvalue weighted by Crippen LogP contribution is 2.64. The van der Waals surface area contributed by atoms with Crippen molar-refractivity contribution in [3.63, 3.8) is 0 Å². The second kappa shape index (κ2) is 7.56. The molecule has 1 aromatic carbocycles. The van der Waals surface area contributed by atoms with Gasteiger partial charge in [0.15, 0.2) is 0 Å². The Hall–Kier alpha value is -1.07. The summed E-state index contributed by atoms with van der Waals surface area (Å²) in [5, 5.41) is 3.43. The number of para-hydroxylation sites is 1. The zero-order valence-corrected chi connectivity index (χ0v) is 19.0. The summed E-state index contributed by atoms with van der Waals surface area (Å²) in [6.07, 6.45) is 9.52. The molecule has 3 unspecified atom stereocenters. The van der Waals surface area contributed by atoms with Gasteiger partial charge in [-0.05, 0) is 82.4 Å². The zero-order chi connectivity index (χ0) is 20.1. The van der Waals surface area contributed by atoms with Crippen molar-refractivity contribution in [3.8, 4) is 5.75 Å². The molecule has 4 aliphatic carbocycles. The van der Waals surface area contributed by atoms with Crippen molar-refractivity contribution in [2.24, 2.45) is 17.3 Å². The van der Waals surface area contributed by atoms with Crippen LogP contribution in [0.25, 0.3) is 0 Å². The Morgan fingerprint density at radius 3 is 2.55 bits per heavy atom. The lowest BCUT2D eigenvalue weighted by atomic mass is 9.49. The first-order valence-electron chi connectivity index (χ1n) is 11.3. The topological polar surface area (TPSA) is 41.6 Å². The summed E-state index contributed by atoms with van der Waals surface area (Å²) in [5.41, 5.74) is 1.05. The average Bonchev–Trinajstić information content (AvgIpc) is 3.21. The van der Waals surface area contributed by atoms with Crippen molar-refractivity contribution >= 4 is 21.8 Å². The number of nitrogens with one attached hydrogen (secondary N) is 1. The molecule has 0 spiro atoms. The number of carbonyl (C=O) groups excluding carboxylic acids is 1. The summed E-state index contributed by atoms with van der Waals surface area (Å²) >= 11 is 4.05. The van der Waals surface area contributed by atoms with Crippen LogP contribution in [0.15, 0.2) is 24.3 Å². The van der Waals surface area contributed by atoms with E-state index in [1.54, 1.807) is 7.11 Å². The minimum Gasteiger partial charge on any atom is -0.496 e. The molecule has 5 fully saturated rings. The smallest absolute Gasteiger partial charge is 0.226 e. The molecule has 4 nitrogen and oxygen atoms in total. The van der Waals surface area contributed by atoms with E-state index >= 15 is 0 Å². The van der Waals surface area contributed by atoms with Crippen molar-refractivity contribution in [1.29, 1.82) is 0 Å². The van der Waals surface area contributed by atoms with Crippen LogP contribution in [0.4, 0.5) is 0 Å². The molecule has 1 aromatic rings. The van der Waals surface area contributed by atoms with Gasteiger partial charge in [-0.1, -0.05) is 34.1 Å². The Balaban J connectivity index is 1.34. The van der Waals surface area contributed by atoms with Crippen LogP contribution in [0.5, 0.6) is 5.75 Å². The van der Waals surface area contributed by atoms with Crippen LogP contribution in [0.2, 0.25) is 0 Å². The highest BCUT2D eigenvalue weighted by atomic mass is 79.9. The number of benzene rings is 1. The fourth-order valence-electron chi connectivity index (χ4n) is 7.22. The van der Waals surface area contributed by atoms with E-state index in [1.807, 2.05) is 12.1 Å². The fraction of sp³-hybridized carbons (Fsp3) is 0.708. The molecule has 1 aliphatic heterocycles. The number of likely N-dealkylation sites (tertiary alicyclic amines) is 1. The van der Waals surface area contributed by atoms with E-state index in [2.05, 4.69) is 38.3 Å². The van der Waals surface area contributed by atoms with Crippen LogP contribution in [0, 0.1) is 17.3 Å². The summed E-state index contributed by atoms with van der Waals surface area (Å²) in [4.78, 5) is 16.1. The molecule has 4 bridgehead atoms. The van der Waals surface area contributed by atoms with Crippen molar-refractivity contribution in [2.75, 3.05) is 26.7 Å². The third-order valence-corrected chi connectivity index (χ3v) is 8.93. The van der Waals surface area contributed by atoms with Crippen LogP contribution in [-0.2, 0) is 4.79 Å². The van der Waals surface area contributed by atoms with Gasteiger partial charge in [0.25, 0.3) is 0 Å². The molecular formula is C24H33BrN2O2. The highest BCUT2D eigenvalue weighted by molar-refractivity contribution is 9.10. The van der Waals surface area contributed by atoms with Gasteiger partial charge in [-0.15, -0.1) is 0 Å². The molecule has 0 radical (unpaired) electrons. The number of halogens is 1. The van der Waals surface area contributed by atoms with Gasteiger partial charge >= 0.3 is 0 Å². The Kier molecular flexibility index (Phi) is 5.18. The first-order chi connectivity index (χ1) is 14.0. The molecule has 29 heavy (non-hydrogen) atoms. The Labute approximate surface area is 182 Å². The van der Waals surface area contributed by atoms with E-state index in [0.29, 0.717) is 12.5 Å². The number of hydrogen-bond donors (Lipinski definition) is 1. The maximum Gasteiger partial charge on any atom is 0.226 e. The van der Waals surface area contributed by atoms with E-state index in [-0.39, 0.29) is 15.8 Å². The summed E-state index contributed by atoms with van der Waals surface area (Å²) in [6.45, 7) is 2.86. The van der Waals surface area contributed by atoms with Crippen molar-refractivity contribution in [3.05, 3.63) is 29.8 Å². The largest absolute Gasteiger partial charge is 0.496 e. The standard InChI is InChI=1S/C24H33BrN2O2/c1-29-21-7-3-2-6-19(21)20(27-8-4-5-9-27)15-26-22(28)23-11-17-10-18(12-23)14-24(25,13-17)16-23/h2-3,6-7,17-18,20H,4-5,8-16H2,1H3,(H,26,28). The van der Waals surface area contributed by atoms with Crippen LogP contribution < -0.4 is 10.1 Å². The summed E-state index contributed by atoms with van der Waals surface area (Å²) in [5.74, 6) is 2.68. The SMILES string of the molecule is COc1ccccc1C(CNC(=O)C12CC3CC(CC(Br)(C3)C1)C2)N1CCCC1. The molecule has 1 heterocycles. The molecule has 158 valence electrons. The van der Waals surface area contributed by atoms with Crippen LogP contribution in [0.3, 0.4) is 0 Å². The number of amides is 1. The first-order valence-corrected chi connectivity index (χ1v) is 12.1. The minimum absolute atomic E-state index is 0.149. The molecular weight excluding hydrogens is 428 g/mol. The van der Waals surface area contributed by atoms with E-state index < -0.39 is 0 Å². The predicted octanol–water partition coefficient (Wildman–Crippen LogP) is 4.68. The molecule has 1 saturated heterocycles. The number of alkyl halides is 1. The number of methoxy groups -OCH3 is 1. The number of ether oxygens (including phenoxy) is 1. The van der Waals surface area contributed by atoms with Crippen molar-refractivity contribution in [2.45, 2.75) is 61.7 Å². The van der Waals surface area contributed by atoms with Gasteiger partial charge in [0.2, 0.25) is 5.91 Å². The van der Waals surface area contributed by atoms with E-state index in [9.17, 15) is 4.79 Å².